The molecule has 0 atom stereocenters. The molecule has 1 N–H and O–H groups in total. The molecule has 1 saturated heterocycles. The zero-order valence-electron chi connectivity index (χ0n) is 18.3. The lowest BCUT2D eigenvalue weighted by Crippen LogP contribution is -2.23. The van der Waals surface area contributed by atoms with Crippen molar-refractivity contribution in [2.24, 2.45) is 0 Å². The maximum atomic E-state index is 12.6. The van der Waals surface area contributed by atoms with Crippen molar-refractivity contribution in [1.82, 2.24) is 19.7 Å². The molecule has 0 radical (unpaired) electrons. The average Bonchev–Trinajstić information content (AvgIpc) is 3.50. The molecule has 1 aliphatic rings. The van der Waals surface area contributed by atoms with Crippen molar-refractivity contribution in [3.63, 3.8) is 0 Å². The van der Waals surface area contributed by atoms with Crippen molar-refractivity contribution < 1.29 is 9.59 Å². The van der Waals surface area contributed by atoms with E-state index in [0.717, 1.165) is 29.9 Å². The molecule has 0 bridgehead atoms. The van der Waals surface area contributed by atoms with Crippen LogP contribution in [0.4, 0.5) is 11.4 Å². The molecule has 0 saturated carbocycles. The summed E-state index contributed by atoms with van der Waals surface area (Å²) in [5, 5.41) is 12.2. The third kappa shape index (κ3) is 4.69. The maximum Gasteiger partial charge on any atom is 0.234 e. The second-order valence-corrected chi connectivity index (χ2v) is 8.69. The van der Waals surface area contributed by atoms with Crippen molar-refractivity contribution in [3.05, 3.63) is 79.1 Å². The Hall–Kier alpha value is -3.98. The summed E-state index contributed by atoms with van der Waals surface area (Å²) in [5.41, 5.74) is 3.28. The molecule has 2 amide bonds. The van der Waals surface area contributed by atoms with Crippen molar-refractivity contribution in [1.29, 1.82) is 0 Å². The van der Waals surface area contributed by atoms with Gasteiger partial charge in [0.05, 0.1) is 5.75 Å². The Bertz CT molecular complexity index is 1290. The van der Waals surface area contributed by atoms with Crippen LogP contribution in [0.25, 0.3) is 17.1 Å². The van der Waals surface area contributed by atoms with Crippen molar-refractivity contribution in [3.8, 4) is 17.1 Å². The van der Waals surface area contributed by atoms with Gasteiger partial charge in [-0.3, -0.25) is 19.1 Å². The Morgan fingerprint density at radius 3 is 2.50 bits per heavy atom. The number of nitrogens with one attached hydrogen (secondary N) is 1. The van der Waals surface area contributed by atoms with E-state index in [0.29, 0.717) is 23.1 Å². The van der Waals surface area contributed by atoms with Gasteiger partial charge in [0.25, 0.3) is 0 Å². The highest BCUT2D eigenvalue weighted by atomic mass is 32.2. The number of nitrogens with zero attached hydrogens (tertiary/aromatic N) is 5. The minimum atomic E-state index is -0.152. The summed E-state index contributed by atoms with van der Waals surface area (Å²) in [6.07, 6.45) is 4.92. The van der Waals surface area contributed by atoms with Crippen LogP contribution in [0.15, 0.2) is 84.3 Å². The molecular weight excluding hydrogens is 448 g/mol. The third-order valence-corrected chi connectivity index (χ3v) is 6.36. The smallest absolute Gasteiger partial charge is 0.234 e. The molecule has 3 heterocycles. The van der Waals surface area contributed by atoms with Gasteiger partial charge < -0.3 is 10.2 Å². The number of hydrogen-bond donors (Lipinski definition) is 1. The first-order valence-corrected chi connectivity index (χ1v) is 11.9. The van der Waals surface area contributed by atoms with E-state index in [2.05, 4.69) is 20.5 Å². The van der Waals surface area contributed by atoms with Gasteiger partial charge in [-0.25, -0.2) is 0 Å². The van der Waals surface area contributed by atoms with Gasteiger partial charge in [0, 0.05) is 48.0 Å². The standard InChI is InChI=1S/C25H22N6O2S/c32-22(27-19-10-12-20(13-11-19)30-15-5-9-23(30)33)17-34-25-29-28-24(18-6-4-14-26-16-18)31(25)21-7-2-1-3-8-21/h1-4,6-8,10-14,16H,5,9,15,17H2,(H,27,32). The molecule has 4 aromatic rings. The van der Waals surface area contributed by atoms with Gasteiger partial charge in [-0.2, -0.15) is 0 Å². The molecule has 0 unspecified atom stereocenters. The van der Waals surface area contributed by atoms with Crippen LogP contribution < -0.4 is 10.2 Å². The molecule has 2 aromatic carbocycles. The monoisotopic (exact) mass is 470 g/mol. The zero-order chi connectivity index (χ0) is 23.3. The highest BCUT2D eigenvalue weighted by molar-refractivity contribution is 7.99. The average molecular weight is 471 g/mol. The Labute approximate surface area is 201 Å². The summed E-state index contributed by atoms with van der Waals surface area (Å²) in [4.78, 5) is 30.5. The largest absolute Gasteiger partial charge is 0.325 e. The fourth-order valence-electron chi connectivity index (χ4n) is 3.83. The predicted octanol–water partition coefficient (Wildman–Crippen LogP) is 4.19. The second-order valence-electron chi connectivity index (χ2n) is 7.75. The first kappa shape index (κ1) is 21.8. The van der Waals surface area contributed by atoms with E-state index in [1.807, 2.05) is 71.3 Å². The lowest BCUT2D eigenvalue weighted by molar-refractivity contribution is -0.117. The van der Waals surface area contributed by atoms with Gasteiger partial charge in [0.2, 0.25) is 11.8 Å². The number of hydrogen-bond acceptors (Lipinski definition) is 6. The van der Waals surface area contributed by atoms with E-state index in [1.54, 1.807) is 17.3 Å². The molecule has 170 valence electrons. The summed E-state index contributed by atoms with van der Waals surface area (Å²) < 4.78 is 1.93. The Kier molecular flexibility index (Phi) is 6.35. The van der Waals surface area contributed by atoms with E-state index in [9.17, 15) is 9.59 Å². The molecule has 9 heteroatoms. The fourth-order valence-corrected chi connectivity index (χ4v) is 4.58. The highest BCUT2D eigenvalue weighted by Gasteiger charge is 2.21. The number of pyridine rings is 1. The minimum Gasteiger partial charge on any atom is -0.325 e. The van der Waals surface area contributed by atoms with Crippen LogP contribution in [0.5, 0.6) is 0 Å². The van der Waals surface area contributed by atoms with Gasteiger partial charge in [-0.15, -0.1) is 10.2 Å². The maximum absolute atomic E-state index is 12.6. The van der Waals surface area contributed by atoms with Crippen molar-refractivity contribution >= 4 is 35.0 Å². The first-order valence-electron chi connectivity index (χ1n) is 10.9. The van der Waals surface area contributed by atoms with E-state index < -0.39 is 0 Å². The summed E-state index contributed by atoms with van der Waals surface area (Å²) in [7, 11) is 0. The molecule has 0 aliphatic carbocycles. The van der Waals surface area contributed by atoms with Gasteiger partial charge in [-0.05, 0) is 55.0 Å². The molecule has 8 nitrogen and oxygen atoms in total. The van der Waals surface area contributed by atoms with E-state index in [-0.39, 0.29) is 17.6 Å². The molecule has 5 rings (SSSR count). The number of thioether (sulfide) groups is 1. The zero-order valence-corrected chi connectivity index (χ0v) is 19.1. The summed E-state index contributed by atoms with van der Waals surface area (Å²) >= 11 is 1.31. The quantitative estimate of drug-likeness (QED) is 0.407. The molecular formula is C25H22N6O2S. The first-order chi connectivity index (χ1) is 16.7. The number of aromatic nitrogens is 4. The lowest BCUT2D eigenvalue weighted by atomic mass is 10.2. The number of para-hydroxylation sites is 1. The predicted molar refractivity (Wildman–Crippen MR) is 132 cm³/mol. The fraction of sp³-hybridized carbons (Fsp3) is 0.160. The number of benzene rings is 2. The van der Waals surface area contributed by atoms with Crippen molar-refractivity contribution in [2.75, 3.05) is 22.5 Å². The number of amides is 2. The SMILES string of the molecule is O=C(CSc1nnc(-c2cccnc2)n1-c1ccccc1)Nc1ccc(N2CCCC2=O)cc1. The summed E-state index contributed by atoms with van der Waals surface area (Å²) in [6, 6.07) is 20.9. The van der Waals surface area contributed by atoms with E-state index in [1.165, 1.54) is 11.8 Å². The number of carbonyl (C=O) groups is 2. The van der Waals surface area contributed by atoms with Crippen LogP contribution >= 0.6 is 11.8 Å². The van der Waals surface area contributed by atoms with Gasteiger partial charge in [-0.1, -0.05) is 30.0 Å². The molecule has 1 fully saturated rings. The molecule has 2 aromatic heterocycles. The number of rotatable bonds is 7. The van der Waals surface area contributed by atoms with E-state index in [4.69, 9.17) is 0 Å². The number of carbonyl (C=O) groups excluding carboxylic acids is 2. The van der Waals surface area contributed by atoms with Crippen LogP contribution in [0.2, 0.25) is 0 Å². The van der Waals surface area contributed by atoms with Gasteiger partial charge >= 0.3 is 0 Å². The van der Waals surface area contributed by atoms with Crippen LogP contribution in [-0.2, 0) is 9.59 Å². The normalized spacial score (nSPS) is 13.3. The van der Waals surface area contributed by atoms with E-state index >= 15 is 0 Å². The molecule has 0 spiro atoms. The van der Waals surface area contributed by atoms with Crippen LogP contribution in [-0.4, -0.2) is 43.9 Å². The Morgan fingerprint density at radius 2 is 1.79 bits per heavy atom. The highest BCUT2D eigenvalue weighted by Crippen LogP contribution is 2.28. The Morgan fingerprint density at radius 1 is 0.971 bits per heavy atom. The summed E-state index contributed by atoms with van der Waals surface area (Å²) in [5.74, 6) is 0.820. The topological polar surface area (TPSA) is 93.0 Å². The second kappa shape index (κ2) is 9.88. The van der Waals surface area contributed by atoms with Crippen molar-refractivity contribution in [2.45, 2.75) is 18.0 Å². The van der Waals surface area contributed by atoms with Crippen LogP contribution in [0.1, 0.15) is 12.8 Å². The van der Waals surface area contributed by atoms with Gasteiger partial charge in [0.1, 0.15) is 0 Å². The number of anilines is 2. The third-order valence-electron chi connectivity index (χ3n) is 5.44. The minimum absolute atomic E-state index is 0.140. The van der Waals surface area contributed by atoms with Gasteiger partial charge in [0.15, 0.2) is 11.0 Å². The lowest BCUT2D eigenvalue weighted by Gasteiger charge is -2.16. The molecule has 34 heavy (non-hydrogen) atoms. The Balaban J connectivity index is 1.29. The molecule has 1 aliphatic heterocycles. The van der Waals surface area contributed by atoms with Crippen LogP contribution in [0, 0.1) is 0 Å². The van der Waals surface area contributed by atoms with Crippen LogP contribution in [0.3, 0.4) is 0 Å². The summed E-state index contributed by atoms with van der Waals surface area (Å²) in [6.45, 7) is 0.740.